The summed E-state index contributed by atoms with van der Waals surface area (Å²) >= 11 is 0. The molecule has 2 unspecified atom stereocenters. The standard InChI is InChI=1S/C11H17F3N2O2/c12-11(13,14)7-15-3-5-16(6-4-15)9-2-1-8(9)10(17)18/h8-9H,1-7H2,(H,17,18). The van der Waals surface area contributed by atoms with Crippen molar-refractivity contribution in [3.05, 3.63) is 0 Å². The molecule has 0 aromatic carbocycles. The van der Waals surface area contributed by atoms with E-state index >= 15 is 0 Å². The first-order chi connectivity index (χ1) is 8.37. The predicted octanol–water partition coefficient (Wildman–Crippen LogP) is 1.03. The van der Waals surface area contributed by atoms with E-state index < -0.39 is 18.7 Å². The first-order valence-electron chi connectivity index (χ1n) is 6.13. The Bertz CT molecular complexity index is 314. The third-order valence-corrected chi connectivity index (χ3v) is 3.83. The van der Waals surface area contributed by atoms with E-state index in [0.29, 0.717) is 32.6 Å². The number of alkyl halides is 3. The number of hydrogen-bond donors (Lipinski definition) is 1. The average molecular weight is 266 g/mol. The first kappa shape index (κ1) is 13.6. The number of halogens is 3. The Morgan fingerprint density at radius 2 is 1.78 bits per heavy atom. The maximum absolute atomic E-state index is 12.2. The summed E-state index contributed by atoms with van der Waals surface area (Å²) in [5, 5.41) is 8.95. The van der Waals surface area contributed by atoms with Crippen LogP contribution in [0.2, 0.25) is 0 Å². The lowest BCUT2D eigenvalue weighted by atomic mass is 9.78. The van der Waals surface area contributed by atoms with Gasteiger partial charge in [0.1, 0.15) is 0 Å². The molecule has 1 N–H and O–H groups in total. The summed E-state index contributed by atoms with van der Waals surface area (Å²) in [4.78, 5) is 14.3. The van der Waals surface area contributed by atoms with Gasteiger partial charge in [0.15, 0.2) is 0 Å². The van der Waals surface area contributed by atoms with Crippen LogP contribution < -0.4 is 0 Å². The number of hydrogen-bond acceptors (Lipinski definition) is 3. The molecule has 2 fully saturated rings. The lowest BCUT2D eigenvalue weighted by molar-refractivity contribution is -0.154. The molecule has 1 saturated heterocycles. The van der Waals surface area contributed by atoms with E-state index in [1.807, 2.05) is 4.90 Å². The smallest absolute Gasteiger partial charge is 0.401 e. The molecule has 1 aliphatic carbocycles. The molecular weight excluding hydrogens is 249 g/mol. The van der Waals surface area contributed by atoms with Gasteiger partial charge < -0.3 is 5.11 Å². The van der Waals surface area contributed by atoms with E-state index in [1.165, 1.54) is 4.90 Å². The van der Waals surface area contributed by atoms with Crippen molar-refractivity contribution in [1.82, 2.24) is 9.80 Å². The molecule has 2 aliphatic rings. The van der Waals surface area contributed by atoms with Crippen molar-refractivity contribution >= 4 is 5.97 Å². The van der Waals surface area contributed by atoms with Gasteiger partial charge in [-0.3, -0.25) is 14.6 Å². The Morgan fingerprint density at radius 3 is 2.17 bits per heavy atom. The zero-order valence-electron chi connectivity index (χ0n) is 9.99. The number of carbonyl (C=O) groups is 1. The molecule has 1 saturated carbocycles. The van der Waals surface area contributed by atoms with E-state index in [9.17, 15) is 18.0 Å². The molecule has 0 aromatic heterocycles. The van der Waals surface area contributed by atoms with Crippen molar-refractivity contribution in [3.8, 4) is 0 Å². The van der Waals surface area contributed by atoms with Crippen LogP contribution in [0, 0.1) is 5.92 Å². The molecule has 1 heterocycles. The summed E-state index contributed by atoms with van der Waals surface area (Å²) in [7, 11) is 0. The quantitative estimate of drug-likeness (QED) is 0.828. The van der Waals surface area contributed by atoms with Gasteiger partial charge in [0, 0.05) is 32.2 Å². The number of aliphatic carboxylic acids is 1. The zero-order valence-corrected chi connectivity index (χ0v) is 9.99. The predicted molar refractivity (Wildman–Crippen MR) is 58.2 cm³/mol. The summed E-state index contributed by atoms with van der Waals surface area (Å²) in [6.07, 6.45) is -2.62. The number of carboxylic acids is 1. The highest BCUT2D eigenvalue weighted by atomic mass is 19.4. The van der Waals surface area contributed by atoms with Gasteiger partial charge >= 0.3 is 12.1 Å². The lowest BCUT2D eigenvalue weighted by Gasteiger charge is -2.46. The highest BCUT2D eigenvalue weighted by Gasteiger charge is 2.41. The maximum atomic E-state index is 12.2. The second-order valence-corrected chi connectivity index (χ2v) is 5.02. The Balaban J connectivity index is 1.79. The SMILES string of the molecule is O=C(O)C1CCC1N1CCN(CC(F)(F)F)CC1. The second kappa shape index (κ2) is 5.05. The van der Waals surface area contributed by atoms with E-state index in [1.54, 1.807) is 0 Å². The largest absolute Gasteiger partial charge is 0.481 e. The molecule has 0 radical (unpaired) electrons. The van der Waals surface area contributed by atoms with Crippen molar-refractivity contribution in [2.24, 2.45) is 5.92 Å². The normalized spacial score (nSPS) is 31.1. The van der Waals surface area contributed by atoms with Crippen LogP contribution in [-0.2, 0) is 4.79 Å². The monoisotopic (exact) mass is 266 g/mol. The fourth-order valence-electron chi connectivity index (χ4n) is 2.71. The lowest BCUT2D eigenvalue weighted by Crippen LogP contribution is -2.57. The molecule has 104 valence electrons. The molecule has 18 heavy (non-hydrogen) atoms. The van der Waals surface area contributed by atoms with Crippen molar-refractivity contribution in [2.75, 3.05) is 32.7 Å². The molecule has 7 heteroatoms. The molecule has 0 amide bonds. The molecule has 0 bridgehead atoms. The van der Waals surface area contributed by atoms with E-state index in [4.69, 9.17) is 5.11 Å². The Labute approximate surface area is 103 Å². The number of nitrogens with zero attached hydrogens (tertiary/aromatic N) is 2. The Morgan fingerprint density at radius 1 is 1.17 bits per heavy atom. The van der Waals surface area contributed by atoms with Crippen molar-refractivity contribution in [1.29, 1.82) is 0 Å². The summed E-state index contributed by atoms with van der Waals surface area (Å²) in [6, 6.07) is 0.0236. The second-order valence-electron chi connectivity index (χ2n) is 5.02. The van der Waals surface area contributed by atoms with E-state index in [0.717, 1.165) is 6.42 Å². The third-order valence-electron chi connectivity index (χ3n) is 3.83. The van der Waals surface area contributed by atoms with Gasteiger partial charge in [-0.2, -0.15) is 13.2 Å². The zero-order chi connectivity index (χ0) is 13.3. The van der Waals surface area contributed by atoms with Gasteiger partial charge in [0.05, 0.1) is 12.5 Å². The van der Waals surface area contributed by atoms with E-state index in [-0.39, 0.29) is 12.0 Å². The van der Waals surface area contributed by atoms with Gasteiger partial charge in [0.2, 0.25) is 0 Å². The van der Waals surface area contributed by atoms with Gasteiger partial charge in [-0.1, -0.05) is 0 Å². The number of carboxylic acid groups (broad SMARTS) is 1. The van der Waals surface area contributed by atoms with Crippen molar-refractivity contribution < 1.29 is 23.1 Å². The van der Waals surface area contributed by atoms with Gasteiger partial charge in [-0.05, 0) is 12.8 Å². The van der Waals surface area contributed by atoms with Crippen LogP contribution in [0.5, 0.6) is 0 Å². The Hall–Kier alpha value is -0.820. The number of piperazine rings is 1. The van der Waals surface area contributed by atoms with Crippen LogP contribution in [-0.4, -0.2) is 65.8 Å². The Kier molecular flexibility index (Phi) is 3.82. The highest BCUT2D eigenvalue weighted by Crippen LogP contribution is 2.33. The fourth-order valence-corrected chi connectivity index (χ4v) is 2.71. The minimum Gasteiger partial charge on any atom is -0.481 e. The maximum Gasteiger partial charge on any atom is 0.401 e. The molecule has 0 aromatic rings. The summed E-state index contributed by atoms with van der Waals surface area (Å²) in [5.74, 6) is -1.12. The first-order valence-corrected chi connectivity index (χ1v) is 6.13. The molecule has 2 atom stereocenters. The van der Waals surface area contributed by atoms with Crippen LogP contribution in [0.3, 0.4) is 0 Å². The summed E-state index contributed by atoms with van der Waals surface area (Å²) in [6.45, 7) is 0.924. The molecule has 2 rings (SSSR count). The topological polar surface area (TPSA) is 43.8 Å². The minimum absolute atomic E-state index is 0.0236. The minimum atomic E-state index is -4.15. The van der Waals surface area contributed by atoms with Crippen LogP contribution >= 0.6 is 0 Å². The van der Waals surface area contributed by atoms with Crippen LogP contribution in [0.15, 0.2) is 0 Å². The van der Waals surface area contributed by atoms with Crippen LogP contribution in [0.4, 0.5) is 13.2 Å². The van der Waals surface area contributed by atoms with Crippen LogP contribution in [0.25, 0.3) is 0 Å². The van der Waals surface area contributed by atoms with E-state index in [2.05, 4.69) is 0 Å². The van der Waals surface area contributed by atoms with Gasteiger partial charge in [-0.25, -0.2) is 0 Å². The third kappa shape index (κ3) is 3.14. The van der Waals surface area contributed by atoms with Crippen molar-refractivity contribution in [3.63, 3.8) is 0 Å². The van der Waals surface area contributed by atoms with Gasteiger partial charge in [0.25, 0.3) is 0 Å². The molecular formula is C11H17F3N2O2. The molecule has 4 nitrogen and oxygen atoms in total. The van der Waals surface area contributed by atoms with Crippen LogP contribution in [0.1, 0.15) is 12.8 Å². The molecule has 0 spiro atoms. The van der Waals surface area contributed by atoms with Crippen molar-refractivity contribution in [2.45, 2.75) is 25.1 Å². The van der Waals surface area contributed by atoms with Gasteiger partial charge in [-0.15, -0.1) is 0 Å². The number of rotatable bonds is 3. The average Bonchev–Trinajstić information content (AvgIpc) is 2.16. The summed E-state index contributed by atoms with van der Waals surface area (Å²) in [5.41, 5.74) is 0. The fraction of sp³-hybridized carbons (Fsp3) is 0.909. The summed E-state index contributed by atoms with van der Waals surface area (Å²) < 4.78 is 36.6. The molecule has 1 aliphatic heterocycles. The highest BCUT2D eigenvalue weighted by molar-refractivity contribution is 5.72.